The fraction of sp³-hybridized carbons (Fsp3) is 0.321. The smallest absolute Gasteiger partial charge is 0.303 e. The molecule has 1 atom stereocenters. The maximum Gasteiger partial charge on any atom is 0.303 e. The molecule has 0 saturated carbocycles. The fourth-order valence-corrected chi connectivity index (χ4v) is 4.41. The molecule has 1 N–H and O–H groups in total. The van der Waals surface area contributed by atoms with Crippen molar-refractivity contribution < 1.29 is 23.8 Å². The van der Waals surface area contributed by atoms with E-state index in [-0.39, 0.29) is 23.6 Å². The molecule has 172 valence electrons. The molecule has 3 aromatic rings. The van der Waals surface area contributed by atoms with E-state index in [1.807, 2.05) is 30.3 Å². The van der Waals surface area contributed by atoms with Crippen molar-refractivity contribution in [3.8, 4) is 22.6 Å². The summed E-state index contributed by atoms with van der Waals surface area (Å²) in [4.78, 5) is 11.0. The van der Waals surface area contributed by atoms with Crippen LogP contribution in [0.15, 0.2) is 54.6 Å². The number of hydrogen-bond donors (Lipinski definition) is 1. The molecule has 1 aliphatic rings. The second-order valence-corrected chi connectivity index (χ2v) is 9.62. The van der Waals surface area contributed by atoms with Crippen LogP contribution in [0.25, 0.3) is 11.1 Å². The van der Waals surface area contributed by atoms with E-state index in [0.717, 1.165) is 34.4 Å². The van der Waals surface area contributed by atoms with Crippen molar-refractivity contribution in [2.45, 2.75) is 51.6 Å². The summed E-state index contributed by atoms with van der Waals surface area (Å²) in [5.41, 5.74) is 5.40. The Balaban J connectivity index is 1.58. The van der Waals surface area contributed by atoms with Crippen LogP contribution < -0.4 is 9.47 Å². The first-order valence-corrected chi connectivity index (χ1v) is 11.1. The summed E-state index contributed by atoms with van der Waals surface area (Å²) < 4.78 is 26.0. The zero-order valence-corrected chi connectivity index (χ0v) is 19.4. The molecule has 0 unspecified atom stereocenters. The van der Waals surface area contributed by atoms with Gasteiger partial charge in [-0.25, -0.2) is 4.39 Å². The Kier molecular flexibility index (Phi) is 6.15. The number of carboxylic acid groups (broad SMARTS) is 1. The van der Waals surface area contributed by atoms with Crippen LogP contribution in [0.5, 0.6) is 11.5 Å². The summed E-state index contributed by atoms with van der Waals surface area (Å²) >= 11 is 0. The molecule has 0 aromatic heterocycles. The quantitative estimate of drug-likeness (QED) is 0.449. The van der Waals surface area contributed by atoms with Crippen LogP contribution in [-0.2, 0) is 23.2 Å². The second-order valence-electron chi connectivity index (χ2n) is 9.62. The standard InChI is InChI=1S/C28H29FO4/c1-28(2,3)25-11-17(5-9-22(25)24-14-20(32-4)8-10-26(24)29)16-33-21-7-6-18-12-19(13-27(30)31)23(18)15-21/h5-11,14-15,19H,12-13,16H2,1-4H3,(H,30,31)/t19-/m1/s1. The molecule has 33 heavy (non-hydrogen) atoms. The Morgan fingerprint density at radius 2 is 1.79 bits per heavy atom. The number of hydrogen-bond acceptors (Lipinski definition) is 3. The largest absolute Gasteiger partial charge is 0.497 e. The molecule has 0 radical (unpaired) electrons. The summed E-state index contributed by atoms with van der Waals surface area (Å²) in [5.74, 6) is 0.331. The van der Waals surface area contributed by atoms with E-state index in [2.05, 4.69) is 26.8 Å². The number of fused-ring (bicyclic) bond motifs is 1. The van der Waals surface area contributed by atoms with Gasteiger partial charge in [-0.2, -0.15) is 0 Å². The number of rotatable bonds is 7. The molecular formula is C28H29FO4. The Morgan fingerprint density at radius 1 is 1.03 bits per heavy atom. The molecule has 0 saturated heterocycles. The van der Waals surface area contributed by atoms with E-state index in [9.17, 15) is 9.18 Å². The van der Waals surface area contributed by atoms with E-state index in [1.54, 1.807) is 19.2 Å². The van der Waals surface area contributed by atoms with E-state index < -0.39 is 5.97 Å². The molecule has 4 nitrogen and oxygen atoms in total. The molecular weight excluding hydrogens is 419 g/mol. The van der Waals surface area contributed by atoms with Crippen LogP contribution in [0.3, 0.4) is 0 Å². The number of methoxy groups -OCH3 is 1. The highest BCUT2D eigenvalue weighted by atomic mass is 19.1. The van der Waals surface area contributed by atoms with Gasteiger partial charge in [0, 0.05) is 5.56 Å². The lowest BCUT2D eigenvalue weighted by Crippen LogP contribution is -2.20. The number of ether oxygens (including phenoxy) is 2. The molecule has 0 bridgehead atoms. The predicted octanol–water partition coefficient (Wildman–Crippen LogP) is 6.49. The summed E-state index contributed by atoms with van der Waals surface area (Å²) in [6, 6.07) is 16.6. The van der Waals surface area contributed by atoms with Crippen LogP contribution in [0.4, 0.5) is 4.39 Å². The Morgan fingerprint density at radius 3 is 2.48 bits per heavy atom. The van der Waals surface area contributed by atoms with E-state index in [1.165, 1.54) is 11.6 Å². The maximum atomic E-state index is 14.7. The van der Waals surface area contributed by atoms with Crippen molar-refractivity contribution in [3.63, 3.8) is 0 Å². The van der Waals surface area contributed by atoms with Gasteiger partial charge in [0.1, 0.15) is 23.9 Å². The molecule has 4 rings (SSSR count). The Hall–Kier alpha value is -3.34. The summed E-state index contributed by atoms with van der Waals surface area (Å²) in [6.45, 7) is 6.68. The average Bonchev–Trinajstić information content (AvgIpc) is 2.76. The van der Waals surface area contributed by atoms with E-state index in [0.29, 0.717) is 17.9 Å². The molecule has 5 heteroatoms. The number of carboxylic acids is 1. The Labute approximate surface area is 194 Å². The van der Waals surface area contributed by atoms with Gasteiger partial charge in [-0.15, -0.1) is 0 Å². The van der Waals surface area contributed by atoms with Crippen LogP contribution >= 0.6 is 0 Å². The van der Waals surface area contributed by atoms with Crippen molar-refractivity contribution in [1.29, 1.82) is 0 Å². The number of benzene rings is 3. The minimum absolute atomic E-state index is 0.0607. The maximum absolute atomic E-state index is 14.7. The van der Waals surface area contributed by atoms with Crippen LogP contribution in [0.2, 0.25) is 0 Å². The minimum Gasteiger partial charge on any atom is -0.497 e. The van der Waals surface area contributed by atoms with Gasteiger partial charge in [-0.05, 0) is 75.9 Å². The predicted molar refractivity (Wildman–Crippen MR) is 127 cm³/mol. The Bertz CT molecular complexity index is 1190. The average molecular weight is 449 g/mol. The normalized spacial score (nSPS) is 14.9. The molecule has 0 amide bonds. The van der Waals surface area contributed by atoms with Crippen molar-refractivity contribution >= 4 is 5.97 Å². The van der Waals surface area contributed by atoms with Crippen molar-refractivity contribution in [2.75, 3.05) is 7.11 Å². The van der Waals surface area contributed by atoms with E-state index in [4.69, 9.17) is 14.6 Å². The minimum atomic E-state index is -0.778. The molecule has 0 fully saturated rings. The van der Waals surface area contributed by atoms with E-state index >= 15 is 0 Å². The van der Waals surface area contributed by atoms with Crippen molar-refractivity contribution in [1.82, 2.24) is 0 Å². The molecule has 0 spiro atoms. The number of aliphatic carboxylic acids is 1. The monoisotopic (exact) mass is 448 g/mol. The summed E-state index contributed by atoms with van der Waals surface area (Å²) in [7, 11) is 1.57. The lowest BCUT2D eigenvalue weighted by molar-refractivity contribution is -0.137. The first kappa shape index (κ1) is 22.8. The van der Waals surface area contributed by atoms with Gasteiger partial charge >= 0.3 is 5.97 Å². The highest BCUT2D eigenvalue weighted by Crippen LogP contribution is 2.40. The van der Waals surface area contributed by atoms with Gasteiger partial charge < -0.3 is 14.6 Å². The topological polar surface area (TPSA) is 55.8 Å². The lowest BCUT2D eigenvalue weighted by Gasteiger charge is -2.29. The molecule has 0 heterocycles. The SMILES string of the molecule is COc1ccc(F)c(-c2ccc(COc3ccc4c(c3)[C@@H](CC(=O)O)C4)cc2C(C)(C)C)c1. The van der Waals surface area contributed by atoms with Gasteiger partial charge in [0.05, 0.1) is 13.5 Å². The van der Waals surface area contributed by atoms with Gasteiger partial charge in [0.2, 0.25) is 0 Å². The second kappa shape index (κ2) is 8.89. The zero-order chi connectivity index (χ0) is 23.8. The fourth-order valence-electron chi connectivity index (χ4n) is 4.41. The third-order valence-electron chi connectivity index (χ3n) is 6.21. The first-order chi connectivity index (χ1) is 15.7. The van der Waals surface area contributed by atoms with Gasteiger partial charge in [0.25, 0.3) is 0 Å². The number of halogens is 1. The summed E-state index contributed by atoms with van der Waals surface area (Å²) in [5, 5.41) is 9.08. The van der Waals surface area contributed by atoms with Crippen molar-refractivity contribution in [3.05, 3.63) is 82.7 Å². The third-order valence-corrected chi connectivity index (χ3v) is 6.21. The van der Waals surface area contributed by atoms with Crippen molar-refractivity contribution in [2.24, 2.45) is 0 Å². The first-order valence-electron chi connectivity index (χ1n) is 11.1. The van der Waals surface area contributed by atoms with Crippen LogP contribution in [0, 0.1) is 5.82 Å². The van der Waals surface area contributed by atoms with Gasteiger partial charge in [-0.3, -0.25) is 4.79 Å². The summed E-state index contributed by atoms with van der Waals surface area (Å²) in [6.07, 6.45) is 0.951. The molecule has 1 aliphatic carbocycles. The number of carbonyl (C=O) groups is 1. The van der Waals surface area contributed by atoms with Gasteiger partial charge in [0.15, 0.2) is 0 Å². The van der Waals surface area contributed by atoms with Crippen LogP contribution in [-0.4, -0.2) is 18.2 Å². The third kappa shape index (κ3) is 4.87. The highest BCUT2D eigenvalue weighted by molar-refractivity contribution is 5.71. The van der Waals surface area contributed by atoms with Gasteiger partial charge in [-0.1, -0.05) is 45.0 Å². The van der Waals surface area contributed by atoms with Crippen LogP contribution in [0.1, 0.15) is 55.4 Å². The highest BCUT2D eigenvalue weighted by Gasteiger charge is 2.28. The zero-order valence-electron chi connectivity index (χ0n) is 19.4. The lowest BCUT2D eigenvalue weighted by atomic mass is 9.76. The molecule has 0 aliphatic heterocycles. The molecule has 3 aromatic carbocycles.